The number of nitrogens with two attached hydrogens (primary N) is 1. The molecule has 7 nitrogen and oxygen atoms in total. The minimum absolute atomic E-state index is 0.00321. The van der Waals surface area contributed by atoms with Crippen LogP contribution in [0.4, 0.5) is 4.79 Å². The van der Waals surface area contributed by atoms with Gasteiger partial charge in [-0.05, 0) is 18.4 Å². The molecule has 0 aliphatic carbocycles. The summed E-state index contributed by atoms with van der Waals surface area (Å²) in [5.74, 6) is 0.338. The fourth-order valence-corrected chi connectivity index (χ4v) is 3.27. The maximum atomic E-state index is 12.2. The number of urea groups is 1. The summed E-state index contributed by atoms with van der Waals surface area (Å²) in [6, 6.07) is 9.09. The van der Waals surface area contributed by atoms with Crippen molar-refractivity contribution in [3.63, 3.8) is 0 Å². The molecule has 2 aromatic rings. The summed E-state index contributed by atoms with van der Waals surface area (Å²) in [7, 11) is 0. The third kappa shape index (κ3) is 4.58. The summed E-state index contributed by atoms with van der Waals surface area (Å²) in [5.41, 5.74) is 6.16. The zero-order chi connectivity index (χ0) is 17.7. The van der Waals surface area contributed by atoms with Crippen molar-refractivity contribution in [2.45, 2.75) is 37.7 Å². The molecule has 3 N–H and O–H groups in total. The number of amides is 3. The predicted octanol–water partition coefficient (Wildman–Crippen LogP) is 1.95. The van der Waals surface area contributed by atoms with E-state index < -0.39 is 17.2 Å². The zero-order valence-corrected chi connectivity index (χ0v) is 14.7. The normalized spacial score (nSPS) is 12.2. The lowest BCUT2D eigenvalue weighted by molar-refractivity contribution is -0.120. The number of aryl methyl sites for hydroxylation is 1. The first-order valence-electron chi connectivity index (χ1n) is 7.59. The number of hydrogen-bond donors (Lipinski definition) is 2. The van der Waals surface area contributed by atoms with Crippen LogP contribution in [0.2, 0.25) is 0 Å². The van der Waals surface area contributed by atoms with Crippen LogP contribution in [0.25, 0.3) is 0 Å². The number of thioether (sulfide) groups is 1. The van der Waals surface area contributed by atoms with E-state index in [1.165, 1.54) is 11.8 Å². The highest BCUT2D eigenvalue weighted by atomic mass is 32.2. The molecule has 2 rings (SSSR count). The van der Waals surface area contributed by atoms with Gasteiger partial charge in [-0.1, -0.05) is 55.9 Å². The lowest BCUT2D eigenvalue weighted by Crippen LogP contribution is -2.42. The van der Waals surface area contributed by atoms with E-state index in [2.05, 4.69) is 15.5 Å². The Balaban J connectivity index is 2.22. The molecule has 1 heterocycles. The molecule has 8 heteroatoms. The lowest BCUT2D eigenvalue weighted by atomic mass is 10.1. The van der Waals surface area contributed by atoms with Gasteiger partial charge in [0.05, 0.1) is 11.8 Å². The molecule has 0 radical (unpaired) electrons. The van der Waals surface area contributed by atoms with Crippen molar-refractivity contribution in [2.24, 2.45) is 11.7 Å². The molecule has 1 atom stereocenters. The number of nitrogens with one attached hydrogen (secondary N) is 1. The summed E-state index contributed by atoms with van der Waals surface area (Å²) in [4.78, 5) is 23.1. The number of benzene rings is 1. The summed E-state index contributed by atoms with van der Waals surface area (Å²) in [5, 5.41) is 10.6. The Kier molecular flexibility index (Phi) is 5.97. The number of hydrogen-bond acceptors (Lipinski definition) is 5. The van der Waals surface area contributed by atoms with Gasteiger partial charge in [0.15, 0.2) is 5.16 Å². The molecule has 0 spiro atoms. The third-order valence-corrected chi connectivity index (χ3v) is 4.95. The average molecular weight is 347 g/mol. The second-order valence-electron chi connectivity index (χ2n) is 5.74. The third-order valence-electron chi connectivity index (χ3n) is 3.43. The zero-order valence-electron chi connectivity index (χ0n) is 13.9. The summed E-state index contributed by atoms with van der Waals surface area (Å²) < 4.78 is 1.95. The van der Waals surface area contributed by atoms with Crippen molar-refractivity contribution in [3.8, 4) is 0 Å². The molecule has 0 aliphatic heterocycles. The van der Waals surface area contributed by atoms with Gasteiger partial charge in [0.1, 0.15) is 5.82 Å². The Bertz CT molecular complexity index is 715. The van der Waals surface area contributed by atoms with Crippen LogP contribution in [0, 0.1) is 12.8 Å². The van der Waals surface area contributed by atoms with Gasteiger partial charge in [0.25, 0.3) is 0 Å². The van der Waals surface area contributed by atoms with Crippen molar-refractivity contribution < 1.29 is 9.59 Å². The molecule has 24 heavy (non-hydrogen) atoms. The maximum absolute atomic E-state index is 12.2. The molecule has 0 fully saturated rings. The Morgan fingerprint density at radius 3 is 2.50 bits per heavy atom. The van der Waals surface area contributed by atoms with Crippen molar-refractivity contribution >= 4 is 23.7 Å². The van der Waals surface area contributed by atoms with Gasteiger partial charge >= 0.3 is 6.03 Å². The molecule has 1 unspecified atom stereocenters. The van der Waals surface area contributed by atoms with Crippen LogP contribution in [0.1, 0.15) is 25.2 Å². The van der Waals surface area contributed by atoms with E-state index in [1.807, 2.05) is 55.7 Å². The van der Waals surface area contributed by atoms with E-state index in [9.17, 15) is 9.59 Å². The molecule has 1 aromatic carbocycles. The largest absolute Gasteiger partial charge is 0.351 e. The van der Waals surface area contributed by atoms with Crippen molar-refractivity contribution in [1.29, 1.82) is 0 Å². The van der Waals surface area contributed by atoms with Gasteiger partial charge in [-0.15, -0.1) is 10.2 Å². The molecular formula is C16H21N5O2S. The maximum Gasteiger partial charge on any atom is 0.318 e. The van der Waals surface area contributed by atoms with E-state index in [0.717, 1.165) is 11.4 Å². The van der Waals surface area contributed by atoms with E-state index >= 15 is 0 Å². The fourth-order valence-electron chi connectivity index (χ4n) is 2.20. The van der Waals surface area contributed by atoms with E-state index in [1.54, 1.807) is 0 Å². The number of primary amides is 1. The van der Waals surface area contributed by atoms with E-state index in [4.69, 9.17) is 5.73 Å². The average Bonchev–Trinajstić information content (AvgIpc) is 2.85. The van der Waals surface area contributed by atoms with Crippen molar-refractivity contribution in [2.75, 3.05) is 0 Å². The van der Waals surface area contributed by atoms with Crippen LogP contribution in [0.5, 0.6) is 0 Å². The van der Waals surface area contributed by atoms with E-state index in [0.29, 0.717) is 11.7 Å². The number of imide groups is 1. The van der Waals surface area contributed by atoms with Gasteiger partial charge in [-0.3, -0.25) is 10.1 Å². The quantitative estimate of drug-likeness (QED) is 0.778. The van der Waals surface area contributed by atoms with Crippen LogP contribution in [0.15, 0.2) is 35.5 Å². The summed E-state index contributed by atoms with van der Waals surface area (Å²) in [6.07, 6.45) is 0. The Hall–Kier alpha value is -2.35. The van der Waals surface area contributed by atoms with E-state index in [-0.39, 0.29) is 5.92 Å². The Morgan fingerprint density at radius 1 is 1.25 bits per heavy atom. The van der Waals surface area contributed by atoms with Crippen LogP contribution >= 0.6 is 11.8 Å². The minimum atomic E-state index is -0.854. The first-order chi connectivity index (χ1) is 11.4. The second kappa shape index (κ2) is 7.96. The first kappa shape index (κ1) is 18.0. The molecule has 0 saturated carbocycles. The number of carbonyl (C=O) groups excluding carboxylic acids is 2. The molecule has 0 saturated heterocycles. The van der Waals surface area contributed by atoms with Gasteiger partial charge in [-0.2, -0.15) is 0 Å². The van der Waals surface area contributed by atoms with Gasteiger partial charge in [-0.25, -0.2) is 4.79 Å². The van der Waals surface area contributed by atoms with Crippen LogP contribution in [-0.2, 0) is 11.3 Å². The SMILES string of the molecule is Cc1nnc(SC(C(=O)NC(N)=O)C(C)C)n1Cc1ccccc1. The molecule has 3 amide bonds. The highest BCUT2D eigenvalue weighted by Gasteiger charge is 2.27. The Morgan fingerprint density at radius 2 is 1.92 bits per heavy atom. The van der Waals surface area contributed by atoms with Crippen LogP contribution < -0.4 is 11.1 Å². The van der Waals surface area contributed by atoms with Gasteiger partial charge < -0.3 is 10.3 Å². The number of carbonyl (C=O) groups is 2. The summed E-state index contributed by atoms with van der Waals surface area (Å²) >= 11 is 1.28. The number of nitrogens with zero attached hydrogens (tertiary/aromatic N) is 3. The predicted molar refractivity (Wildman–Crippen MR) is 92.5 cm³/mol. The molecule has 128 valence electrons. The molecule has 1 aromatic heterocycles. The lowest BCUT2D eigenvalue weighted by Gasteiger charge is -2.18. The smallest absolute Gasteiger partial charge is 0.318 e. The highest BCUT2D eigenvalue weighted by molar-refractivity contribution is 8.00. The van der Waals surface area contributed by atoms with Crippen LogP contribution in [0.3, 0.4) is 0 Å². The first-order valence-corrected chi connectivity index (χ1v) is 8.47. The minimum Gasteiger partial charge on any atom is -0.351 e. The van der Waals surface area contributed by atoms with Gasteiger partial charge in [0, 0.05) is 0 Å². The van der Waals surface area contributed by atoms with Crippen molar-refractivity contribution in [1.82, 2.24) is 20.1 Å². The number of aromatic nitrogens is 3. The summed E-state index contributed by atoms with van der Waals surface area (Å²) in [6.45, 7) is 6.30. The van der Waals surface area contributed by atoms with Crippen molar-refractivity contribution in [3.05, 3.63) is 41.7 Å². The topological polar surface area (TPSA) is 103 Å². The second-order valence-corrected chi connectivity index (χ2v) is 6.85. The number of rotatable bonds is 6. The monoisotopic (exact) mass is 347 g/mol. The van der Waals surface area contributed by atoms with Gasteiger partial charge in [0.2, 0.25) is 5.91 Å². The molecule has 0 bridgehead atoms. The van der Waals surface area contributed by atoms with Crippen LogP contribution in [-0.4, -0.2) is 32.0 Å². The fraction of sp³-hybridized carbons (Fsp3) is 0.375. The molecular weight excluding hydrogens is 326 g/mol. The standard InChI is InChI=1S/C16H21N5O2S/c1-10(2)13(14(22)18-15(17)23)24-16-20-19-11(3)21(16)9-12-7-5-4-6-8-12/h4-8,10,13H,9H2,1-3H3,(H3,17,18,22,23). The Labute approximate surface area is 145 Å². The molecule has 0 aliphatic rings. The highest BCUT2D eigenvalue weighted by Crippen LogP contribution is 2.28.